The van der Waals surface area contributed by atoms with Crippen molar-refractivity contribution in [2.45, 2.75) is 13.1 Å². The summed E-state index contributed by atoms with van der Waals surface area (Å²) in [4.78, 5) is 33.2. The first-order valence-corrected chi connectivity index (χ1v) is 11.2. The molecule has 0 aliphatic carbocycles. The summed E-state index contributed by atoms with van der Waals surface area (Å²) in [7, 11) is 0. The lowest BCUT2D eigenvalue weighted by atomic mass is 10.1. The minimum absolute atomic E-state index is 0.314. The average Bonchev–Trinajstić information content (AvgIpc) is 3.54. The van der Waals surface area contributed by atoms with Crippen LogP contribution >= 0.6 is 0 Å². The Morgan fingerprint density at radius 3 is 1.36 bits per heavy atom. The van der Waals surface area contributed by atoms with Crippen molar-refractivity contribution in [2.75, 3.05) is 10.6 Å². The molecule has 178 valence electrons. The minimum Gasteiger partial charge on any atom is -0.305 e. The first-order valence-electron chi connectivity index (χ1n) is 11.2. The molecule has 0 unspecified atom stereocenters. The molecule has 1 aromatic carbocycles. The molecule has 0 saturated carbocycles. The molecule has 4 aromatic heterocycles. The van der Waals surface area contributed by atoms with Crippen LogP contribution in [0.2, 0.25) is 0 Å². The van der Waals surface area contributed by atoms with E-state index in [4.69, 9.17) is 0 Å². The number of amides is 2. The molecule has 2 amide bonds. The summed E-state index contributed by atoms with van der Waals surface area (Å²) in [5.74, 6) is 0.258. The molecule has 0 spiro atoms. The van der Waals surface area contributed by atoms with Gasteiger partial charge in [-0.1, -0.05) is 0 Å². The Morgan fingerprint density at radius 1 is 0.583 bits per heavy atom. The van der Waals surface area contributed by atoms with Gasteiger partial charge >= 0.3 is 0 Å². The third-order valence-electron chi connectivity index (χ3n) is 5.36. The minimum atomic E-state index is -0.314. The van der Waals surface area contributed by atoms with Gasteiger partial charge in [0.2, 0.25) is 0 Å². The zero-order valence-electron chi connectivity index (χ0n) is 19.2. The number of rotatable bonds is 8. The van der Waals surface area contributed by atoms with Crippen molar-refractivity contribution >= 4 is 23.5 Å². The maximum Gasteiger partial charge on any atom is 0.256 e. The highest BCUT2D eigenvalue weighted by molar-refractivity contribution is 6.06. The first kappa shape index (κ1) is 22.7. The van der Waals surface area contributed by atoms with Crippen molar-refractivity contribution in [1.29, 1.82) is 0 Å². The van der Waals surface area contributed by atoms with Crippen LogP contribution in [-0.4, -0.2) is 41.3 Å². The van der Waals surface area contributed by atoms with Crippen LogP contribution in [0, 0.1) is 0 Å². The number of nitrogens with one attached hydrogen (secondary N) is 2. The number of carbonyl (C=O) groups excluding carboxylic acids is 2. The number of hydrogen-bond donors (Lipinski definition) is 2. The largest absolute Gasteiger partial charge is 0.305 e. The zero-order chi connectivity index (χ0) is 24.7. The smallest absolute Gasteiger partial charge is 0.256 e. The van der Waals surface area contributed by atoms with Gasteiger partial charge in [0.25, 0.3) is 11.8 Å². The van der Waals surface area contributed by atoms with E-state index in [0.717, 1.165) is 11.1 Å². The molecular weight excluding hydrogens is 456 g/mol. The fourth-order valence-corrected chi connectivity index (χ4v) is 3.53. The molecule has 0 fully saturated rings. The second-order valence-corrected chi connectivity index (χ2v) is 7.99. The van der Waals surface area contributed by atoms with Gasteiger partial charge in [0.05, 0.1) is 13.1 Å². The fraction of sp³-hybridized carbons (Fsp3) is 0.0769. The van der Waals surface area contributed by atoms with Gasteiger partial charge in [0.15, 0.2) is 11.6 Å². The summed E-state index contributed by atoms with van der Waals surface area (Å²) in [5, 5.41) is 14.3. The van der Waals surface area contributed by atoms with E-state index in [2.05, 4.69) is 30.8 Å². The summed E-state index contributed by atoms with van der Waals surface area (Å²) < 4.78 is 3.47. The van der Waals surface area contributed by atoms with Crippen LogP contribution in [0.15, 0.2) is 97.8 Å². The predicted molar refractivity (Wildman–Crippen MR) is 133 cm³/mol. The van der Waals surface area contributed by atoms with Crippen LogP contribution < -0.4 is 10.6 Å². The van der Waals surface area contributed by atoms with Gasteiger partial charge in [0.1, 0.15) is 0 Å². The SMILES string of the molecule is O=C(Nc1ccn(Cc2ccncc2)n1)c1ccc(C(=O)Nc2ccn(Cc3ccncc3)n2)cc1. The van der Waals surface area contributed by atoms with E-state index < -0.39 is 0 Å². The quantitative estimate of drug-likeness (QED) is 0.352. The van der Waals surface area contributed by atoms with Gasteiger partial charge in [-0.2, -0.15) is 10.2 Å². The summed E-state index contributed by atoms with van der Waals surface area (Å²) in [6, 6.07) is 17.5. The Hall–Kier alpha value is -5.12. The highest BCUT2D eigenvalue weighted by Gasteiger charge is 2.12. The Bertz CT molecular complexity index is 1350. The summed E-state index contributed by atoms with van der Waals surface area (Å²) in [5.41, 5.74) is 2.94. The van der Waals surface area contributed by atoms with Gasteiger partial charge < -0.3 is 10.6 Å². The summed E-state index contributed by atoms with van der Waals surface area (Å²) >= 11 is 0. The number of carbonyl (C=O) groups is 2. The van der Waals surface area contributed by atoms with Crippen LogP contribution in [0.5, 0.6) is 0 Å². The molecule has 0 radical (unpaired) electrons. The number of benzene rings is 1. The molecule has 10 nitrogen and oxygen atoms in total. The molecule has 5 rings (SSSR count). The second-order valence-electron chi connectivity index (χ2n) is 7.99. The average molecular weight is 479 g/mol. The zero-order valence-corrected chi connectivity index (χ0v) is 19.2. The van der Waals surface area contributed by atoms with E-state index in [1.54, 1.807) is 82.9 Å². The van der Waals surface area contributed by atoms with Crippen LogP contribution in [0.4, 0.5) is 11.6 Å². The van der Waals surface area contributed by atoms with Crippen molar-refractivity contribution in [3.05, 3.63) is 120 Å². The Labute approximate surface area is 206 Å². The molecule has 0 bridgehead atoms. The standard InChI is InChI=1S/C26H22N8O2/c35-25(29-23-9-15-33(31-23)17-19-5-11-27-12-6-19)21-1-2-22(4-3-21)26(36)30-24-10-16-34(32-24)18-20-7-13-28-14-8-20/h1-16H,17-18H2,(H,29,31,35)(H,30,32,36). The fourth-order valence-electron chi connectivity index (χ4n) is 3.53. The lowest BCUT2D eigenvalue weighted by Crippen LogP contribution is -2.15. The first-order chi connectivity index (χ1) is 17.6. The van der Waals surface area contributed by atoms with E-state index in [1.807, 2.05) is 24.3 Å². The van der Waals surface area contributed by atoms with Crippen molar-refractivity contribution in [1.82, 2.24) is 29.5 Å². The van der Waals surface area contributed by atoms with E-state index in [0.29, 0.717) is 35.9 Å². The number of anilines is 2. The number of hydrogen-bond acceptors (Lipinski definition) is 6. The highest BCUT2D eigenvalue weighted by atomic mass is 16.2. The Morgan fingerprint density at radius 2 is 0.972 bits per heavy atom. The molecule has 4 heterocycles. The molecule has 0 aliphatic heterocycles. The predicted octanol–water partition coefficient (Wildman–Crippen LogP) is 3.47. The second kappa shape index (κ2) is 10.4. The van der Waals surface area contributed by atoms with Crippen molar-refractivity contribution in [2.24, 2.45) is 0 Å². The lowest BCUT2D eigenvalue weighted by molar-refractivity contribution is 0.101. The number of nitrogens with zero attached hydrogens (tertiary/aromatic N) is 6. The third kappa shape index (κ3) is 5.68. The lowest BCUT2D eigenvalue weighted by Gasteiger charge is -2.05. The van der Waals surface area contributed by atoms with Crippen LogP contribution in [-0.2, 0) is 13.1 Å². The van der Waals surface area contributed by atoms with Gasteiger partial charge in [-0.15, -0.1) is 0 Å². The number of aromatic nitrogens is 6. The highest BCUT2D eigenvalue weighted by Crippen LogP contribution is 2.12. The van der Waals surface area contributed by atoms with Gasteiger partial charge in [-0.05, 0) is 59.7 Å². The molecule has 0 aliphatic rings. The maximum absolute atomic E-state index is 12.6. The van der Waals surface area contributed by atoms with Crippen LogP contribution in [0.3, 0.4) is 0 Å². The Kier molecular flexibility index (Phi) is 6.57. The molecule has 36 heavy (non-hydrogen) atoms. The van der Waals surface area contributed by atoms with Crippen molar-refractivity contribution in [3.63, 3.8) is 0 Å². The van der Waals surface area contributed by atoms with Crippen molar-refractivity contribution < 1.29 is 9.59 Å². The summed E-state index contributed by atoms with van der Waals surface area (Å²) in [6.45, 7) is 1.15. The normalized spacial score (nSPS) is 10.7. The molecule has 2 N–H and O–H groups in total. The third-order valence-corrected chi connectivity index (χ3v) is 5.36. The van der Waals surface area contributed by atoms with Crippen LogP contribution in [0.25, 0.3) is 0 Å². The molecule has 5 aromatic rings. The Balaban J connectivity index is 1.16. The molecular formula is C26H22N8O2. The van der Waals surface area contributed by atoms with Crippen LogP contribution in [0.1, 0.15) is 31.8 Å². The topological polar surface area (TPSA) is 120 Å². The number of pyridine rings is 2. The molecule has 10 heteroatoms. The monoisotopic (exact) mass is 478 g/mol. The van der Waals surface area contributed by atoms with E-state index >= 15 is 0 Å². The molecule has 0 saturated heterocycles. The van der Waals surface area contributed by atoms with Gasteiger partial charge in [-0.3, -0.25) is 28.9 Å². The summed E-state index contributed by atoms with van der Waals surface area (Å²) in [6.07, 6.45) is 10.5. The van der Waals surface area contributed by atoms with E-state index in [1.165, 1.54) is 0 Å². The molecule has 0 atom stereocenters. The maximum atomic E-state index is 12.6. The van der Waals surface area contributed by atoms with Gasteiger partial charge in [-0.25, -0.2) is 0 Å². The van der Waals surface area contributed by atoms with E-state index in [9.17, 15) is 9.59 Å². The van der Waals surface area contributed by atoms with E-state index in [-0.39, 0.29) is 11.8 Å². The van der Waals surface area contributed by atoms with Crippen molar-refractivity contribution in [3.8, 4) is 0 Å². The van der Waals surface area contributed by atoms with Gasteiger partial charge in [0, 0.05) is 60.4 Å².